The lowest BCUT2D eigenvalue weighted by atomic mass is 10.0. The summed E-state index contributed by atoms with van der Waals surface area (Å²) >= 11 is 3.49. The van der Waals surface area contributed by atoms with Crippen LogP contribution in [0.4, 0.5) is 0 Å². The summed E-state index contributed by atoms with van der Waals surface area (Å²) in [5, 5.41) is 4.29. The predicted octanol–water partition coefficient (Wildman–Crippen LogP) is 4.32. The Balaban J connectivity index is 1.45. The minimum Gasteiger partial charge on any atom is -0.351 e. The van der Waals surface area contributed by atoms with Gasteiger partial charge in [-0.1, -0.05) is 6.92 Å². The molecular weight excluding hydrogens is 324 g/mol. The minimum absolute atomic E-state index is 0.0660. The van der Waals surface area contributed by atoms with Crippen molar-refractivity contribution in [3.8, 4) is 0 Å². The van der Waals surface area contributed by atoms with Crippen LogP contribution in [0.15, 0.2) is 6.07 Å². The van der Waals surface area contributed by atoms with Crippen molar-refractivity contribution in [1.82, 2.24) is 10.3 Å². The van der Waals surface area contributed by atoms with Gasteiger partial charge in [0.2, 0.25) is 0 Å². The number of thiophene rings is 1. The Labute approximate surface area is 146 Å². The number of rotatable bonds is 6. The number of thiazole rings is 1. The van der Waals surface area contributed by atoms with Crippen molar-refractivity contribution < 1.29 is 4.79 Å². The van der Waals surface area contributed by atoms with Crippen molar-refractivity contribution in [3.63, 3.8) is 0 Å². The molecule has 124 valence electrons. The van der Waals surface area contributed by atoms with Gasteiger partial charge >= 0.3 is 0 Å². The number of nitrogens with zero attached hydrogens (tertiary/aromatic N) is 1. The first-order valence-electron chi connectivity index (χ1n) is 8.52. The van der Waals surface area contributed by atoms with Crippen molar-refractivity contribution in [1.29, 1.82) is 0 Å². The fourth-order valence-corrected chi connectivity index (χ4v) is 5.25. The second-order valence-electron chi connectivity index (χ2n) is 6.11. The maximum absolute atomic E-state index is 12.2. The zero-order chi connectivity index (χ0) is 16.2. The quantitative estimate of drug-likeness (QED) is 0.790. The van der Waals surface area contributed by atoms with Crippen molar-refractivity contribution in [2.45, 2.75) is 58.8 Å². The predicted molar refractivity (Wildman–Crippen MR) is 97.8 cm³/mol. The van der Waals surface area contributed by atoms with Crippen LogP contribution >= 0.6 is 22.7 Å². The average molecular weight is 349 g/mol. The third kappa shape index (κ3) is 4.01. The Hall–Kier alpha value is -1.20. The van der Waals surface area contributed by atoms with Gasteiger partial charge in [0, 0.05) is 22.7 Å². The van der Waals surface area contributed by atoms with Gasteiger partial charge in [-0.25, -0.2) is 4.98 Å². The number of amides is 1. The van der Waals surface area contributed by atoms with Crippen molar-refractivity contribution >= 4 is 28.6 Å². The van der Waals surface area contributed by atoms with E-state index in [-0.39, 0.29) is 5.91 Å². The Morgan fingerprint density at radius 3 is 2.87 bits per heavy atom. The summed E-state index contributed by atoms with van der Waals surface area (Å²) in [4.78, 5) is 20.6. The van der Waals surface area contributed by atoms with Crippen LogP contribution in [0.3, 0.4) is 0 Å². The Kier molecular flexibility index (Phi) is 5.49. The van der Waals surface area contributed by atoms with E-state index in [4.69, 9.17) is 4.98 Å². The Morgan fingerprint density at radius 1 is 1.30 bits per heavy atom. The minimum atomic E-state index is 0.0660. The first kappa shape index (κ1) is 16.7. The second kappa shape index (κ2) is 7.58. The van der Waals surface area contributed by atoms with Crippen LogP contribution in [0.5, 0.6) is 0 Å². The molecule has 0 aromatic carbocycles. The van der Waals surface area contributed by atoms with Gasteiger partial charge in [-0.05, 0) is 57.1 Å². The summed E-state index contributed by atoms with van der Waals surface area (Å²) < 4.78 is 0. The molecule has 2 heterocycles. The maximum atomic E-state index is 12.2. The molecule has 0 radical (unpaired) electrons. The first-order chi connectivity index (χ1) is 11.2. The topological polar surface area (TPSA) is 42.0 Å². The Morgan fingerprint density at radius 2 is 2.13 bits per heavy atom. The van der Waals surface area contributed by atoms with E-state index in [1.807, 2.05) is 17.4 Å². The van der Waals surface area contributed by atoms with E-state index < -0.39 is 0 Å². The number of carbonyl (C=O) groups excluding carboxylic acids is 1. The molecule has 3 nitrogen and oxygen atoms in total. The summed E-state index contributed by atoms with van der Waals surface area (Å²) in [6.07, 6.45) is 7.89. The average Bonchev–Trinajstić information content (AvgIpc) is 3.14. The molecule has 3 rings (SSSR count). The number of aryl methyl sites for hydroxylation is 5. The normalized spacial score (nSPS) is 13.8. The standard InChI is InChI=1S/C18H24N2OS2/c1-3-14-12(2)11-16(22-14)18(21)19-10-6-9-17-20-13-7-4-5-8-15(13)23-17/h11H,3-10H2,1-2H3,(H,19,21). The van der Waals surface area contributed by atoms with Crippen LogP contribution < -0.4 is 5.32 Å². The summed E-state index contributed by atoms with van der Waals surface area (Å²) in [6.45, 7) is 4.94. The molecule has 0 bridgehead atoms. The van der Waals surface area contributed by atoms with Gasteiger partial charge in [-0.3, -0.25) is 4.79 Å². The van der Waals surface area contributed by atoms with E-state index in [0.29, 0.717) is 0 Å². The van der Waals surface area contributed by atoms with Crippen LogP contribution in [0.1, 0.15) is 61.9 Å². The lowest BCUT2D eigenvalue weighted by molar-refractivity contribution is 0.0957. The molecule has 0 unspecified atom stereocenters. The highest BCUT2D eigenvalue weighted by atomic mass is 32.1. The number of hydrogen-bond donors (Lipinski definition) is 1. The maximum Gasteiger partial charge on any atom is 0.261 e. The third-order valence-electron chi connectivity index (χ3n) is 4.31. The molecule has 1 N–H and O–H groups in total. The van der Waals surface area contributed by atoms with E-state index in [0.717, 1.165) is 37.1 Å². The summed E-state index contributed by atoms with van der Waals surface area (Å²) in [7, 11) is 0. The number of hydrogen-bond acceptors (Lipinski definition) is 4. The molecule has 1 aliphatic carbocycles. The van der Waals surface area contributed by atoms with Crippen LogP contribution in [-0.4, -0.2) is 17.4 Å². The van der Waals surface area contributed by atoms with E-state index >= 15 is 0 Å². The monoisotopic (exact) mass is 348 g/mol. The van der Waals surface area contributed by atoms with E-state index in [9.17, 15) is 4.79 Å². The summed E-state index contributed by atoms with van der Waals surface area (Å²) in [6, 6.07) is 2.01. The number of nitrogens with one attached hydrogen (secondary N) is 1. The third-order valence-corrected chi connectivity index (χ3v) is 6.91. The van der Waals surface area contributed by atoms with Gasteiger partial charge in [-0.15, -0.1) is 22.7 Å². The molecule has 0 fully saturated rings. The lowest BCUT2D eigenvalue weighted by Crippen LogP contribution is -2.23. The fraction of sp³-hybridized carbons (Fsp3) is 0.556. The molecule has 0 atom stereocenters. The number of fused-ring (bicyclic) bond motifs is 1. The smallest absolute Gasteiger partial charge is 0.261 e. The van der Waals surface area contributed by atoms with Crippen LogP contribution in [0.2, 0.25) is 0 Å². The highest BCUT2D eigenvalue weighted by molar-refractivity contribution is 7.14. The molecule has 1 aliphatic rings. The highest BCUT2D eigenvalue weighted by Gasteiger charge is 2.15. The molecule has 0 spiro atoms. The molecule has 5 heteroatoms. The summed E-state index contributed by atoms with van der Waals surface area (Å²) in [5.41, 5.74) is 2.57. The SMILES string of the molecule is CCc1sc(C(=O)NCCCc2nc3c(s2)CCCC3)cc1C. The molecule has 0 aliphatic heterocycles. The van der Waals surface area contributed by atoms with E-state index in [1.165, 1.54) is 45.3 Å². The van der Waals surface area contributed by atoms with Crippen molar-refractivity contribution in [3.05, 3.63) is 37.0 Å². The molecule has 1 amide bonds. The van der Waals surface area contributed by atoms with Gasteiger partial charge < -0.3 is 5.32 Å². The zero-order valence-corrected chi connectivity index (χ0v) is 15.5. The number of aromatic nitrogens is 1. The van der Waals surface area contributed by atoms with Gasteiger partial charge in [0.25, 0.3) is 5.91 Å². The van der Waals surface area contributed by atoms with Gasteiger partial charge in [0.05, 0.1) is 15.6 Å². The Bertz CT molecular complexity index is 664. The van der Waals surface area contributed by atoms with Crippen molar-refractivity contribution in [2.24, 2.45) is 0 Å². The van der Waals surface area contributed by atoms with Gasteiger partial charge in [-0.2, -0.15) is 0 Å². The van der Waals surface area contributed by atoms with Crippen molar-refractivity contribution in [2.75, 3.05) is 6.54 Å². The van der Waals surface area contributed by atoms with E-state index in [1.54, 1.807) is 11.3 Å². The summed E-state index contributed by atoms with van der Waals surface area (Å²) in [5.74, 6) is 0.0660. The first-order valence-corrected chi connectivity index (χ1v) is 10.2. The molecule has 0 saturated carbocycles. The highest BCUT2D eigenvalue weighted by Crippen LogP contribution is 2.27. The fourth-order valence-electron chi connectivity index (χ4n) is 3.02. The van der Waals surface area contributed by atoms with E-state index in [2.05, 4.69) is 19.2 Å². The largest absolute Gasteiger partial charge is 0.351 e. The van der Waals surface area contributed by atoms with Crippen LogP contribution in [0, 0.1) is 6.92 Å². The molecule has 2 aromatic rings. The van der Waals surface area contributed by atoms with Gasteiger partial charge in [0.15, 0.2) is 0 Å². The molecular formula is C18H24N2OS2. The van der Waals surface area contributed by atoms with Crippen LogP contribution in [-0.2, 0) is 25.7 Å². The van der Waals surface area contributed by atoms with Crippen LogP contribution in [0.25, 0.3) is 0 Å². The molecule has 23 heavy (non-hydrogen) atoms. The second-order valence-corrected chi connectivity index (χ2v) is 8.42. The lowest BCUT2D eigenvalue weighted by Gasteiger charge is -2.06. The number of carbonyl (C=O) groups is 1. The molecule has 2 aromatic heterocycles. The zero-order valence-electron chi connectivity index (χ0n) is 13.9. The molecule has 0 saturated heterocycles. The van der Waals surface area contributed by atoms with Gasteiger partial charge in [0.1, 0.15) is 0 Å².